The van der Waals surface area contributed by atoms with Crippen LogP contribution in [0.2, 0.25) is 0 Å². The Morgan fingerprint density at radius 2 is 1.09 bits per heavy atom. The van der Waals surface area contributed by atoms with Crippen molar-refractivity contribution in [2.45, 2.75) is 95.1 Å². The molecule has 2 aliphatic rings. The van der Waals surface area contributed by atoms with Crippen LogP contribution in [0.5, 0.6) is 11.5 Å². The Bertz CT molecular complexity index is 1830. The molecular weight excluding hydrogens is 752 g/mol. The van der Waals surface area contributed by atoms with Gasteiger partial charge in [-0.05, 0) is 41.0 Å². The van der Waals surface area contributed by atoms with E-state index in [2.05, 4.69) is 0 Å². The number of carbonyl (C=O) groups excluding carboxylic acids is 2. The fourth-order valence-corrected chi connectivity index (χ4v) is 6.78. The van der Waals surface area contributed by atoms with Crippen LogP contribution >= 0.6 is 0 Å². The van der Waals surface area contributed by atoms with Crippen LogP contribution in [0.25, 0.3) is 0 Å². The molecule has 0 saturated carbocycles. The van der Waals surface area contributed by atoms with Crippen LogP contribution in [0.4, 0.5) is 0 Å². The highest BCUT2D eigenvalue weighted by Crippen LogP contribution is 2.36. The summed E-state index contributed by atoms with van der Waals surface area (Å²) in [6.45, 7) is 2.05. The first-order valence-corrected chi connectivity index (χ1v) is 19.1. The third-order valence-corrected chi connectivity index (χ3v) is 9.56. The normalized spacial score (nSPS) is 27.0. The number of carbonyl (C=O) groups is 2. The van der Waals surface area contributed by atoms with Gasteiger partial charge in [0.15, 0.2) is 18.5 Å². The van der Waals surface area contributed by atoms with E-state index in [4.69, 9.17) is 47.4 Å². The third kappa shape index (κ3) is 11.6. The van der Waals surface area contributed by atoms with Crippen molar-refractivity contribution < 1.29 is 67.2 Å². The van der Waals surface area contributed by atoms with E-state index >= 15 is 0 Å². The molecule has 14 heteroatoms. The van der Waals surface area contributed by atoms with Crippen molar-refractivity contribution in [3.8, 4) is 11.5 Å². The highest BCUT2D eigenvalue weighted by atomic mass is 16.8. The molecule has 0 aliphatic carbocycles. The minimum absolute atomic E-state index is 0.0526. The number of hydrogen-bond acceptors (Lipinski definition) is 14. The smallest absolute Gasteiger partial charge is 0.303 e. The lowest BCUT2D eigenvalue weighted by Gasteiger charge is -2.49. The molecule has 2 N–H and O–H groups in total. The quantitative estimate of drug-likeness (QED) is 0.135. The van der Waals surface area contributed by atoms with E-state index in [1.54, 1.807) is 31.4 Å². The number of aliphatic hydroxyl groups excluding tert-OH is 2. The molecule has 10 atom stereocenters. The van der Waals surface area contributed by atoms with Gasteiger partial charge >= 0.3 is 11.9 Å². The summed E-state index contributed by atoms with van der Waals surface area (Å²) in [6, 6.07) is 35.7. The molecule has 0 aromatic heterocycles. The van der Waals surface area contributed by atoms with E-state index in [0.29, 0.717) is 11.5 Å². The van der Waals surface area contributed by atoms with Gasteiger partial charge in [-0.25, -0.2) is 0 Å². The van der Waals surface area contributed by atoms with Gasteiger partial charge in [-0.2, -0.15) is 0 Å². The van der Waals surface area contributed by atoms with Crippen LogP contribution in [0.15, 0.2) is 115 Å². The minimum Gasteiger partial charge on any atom is -0.497 e. The molecule has 6 rings (SSSR count). The average Bonchev–Trinajstić information content (AvgIpc) is 3.23. The molecule has 0 amide bonds. The largest absolute Gasteiger partial charge is 0.497 e. The summed E-state index contributed by atoms with van der Waals surface area (Å²) in [6.07, 6.45) is -12.5. The third-order valence-electron chi connectivity index (χ3n) is 9.56. The summed E-state index contributed by atoms with van der Waals surface area (Å²) in [5.41, 5.74) is 2.63. The van der Waals surface area contributed by atoms with Crippen LogP contribution < -0.4 is 9.47 Å². The molecular formula is C44H50O14. The summed E-state index contributed by atoms with van der Waals surface area (Å²) >= 11 is 0. The van der Waals surface area contributed by atoms with Crippen molar-refractivity contribution in [1.82, 2.24) is 0 Å². The summed E-state index contributed by atoms with van der Waals surface area (Å²) in [5.74, 6) is -0.431. The van der Waals surface area contributed by atoms with Gasteiger partial charge in [0.05, 0.1) is 40.1 Å². The number of hydrogen-bond donors (Lipinski definition) is 2. The first kappa shape index (κ1) is 42.7. The number of benzene rings is 4. The fourth-order valence-electron chi connectivity index (χ4n) is 6.78. The van der Waals surface area contributed by atoms with E-state index in [9.17, 15) is 19.8 Å². The molecule has 0 spiro atoms. The fraction of sp³-hybridized carbons (Fsp3) is 0.409. The number of ether oxygens (including phenoxy) is 10. The molecule has 4 aromatic rings. The number of aliphatic hydroxyl groups is 2. The number of esters is 2. The van der Waals surface area contributed by atoms with Crippen molar-refractivity contribution in [2.75, 3.05) is 20.3 Å². The van der Waals surface area contributed by atoms with Crippen LogP contribution in [0, 0.1) is 0 Å². The van der Waals surface area contributed by atoms with Gasteiger partial charge in [-0.1, -0.05) is 91.0 Å². The van der Waals surface area contributed by atoms with Gasteiger partial charge in [-0.3, -0.25) is 9.59 Å². The van der Waals surface area contributed by atoms with Gasteiger partial charge < -0.3 is 57.6 Å². The summed E-state index contributed by atoms with van der Waals surface area (Å²) < 4.78 is 62.3. The zero-order valence-electron chi connectivity index (χ0n) is 32.6. The topological polar surface area (TPSA) is 167 Å². The highest BCUT2D eigenvalue weighted by molar-refractivity contribution is 5.67. The van der Waals surface area contributed by atoms with Crippen molar-refractivity contribution >= 4 is 11.9 Å². The standard InChI is InChI=1S/C44H50O14/c1-28(46)53-39-37(48)35(23-45)56-44(42(39)54-29(2)47)58-38-36(27-50-24-30-13-7-4-8-14-30)57-43(55-34-21-19-33(49-3)20-22-34)41(52-26-32-17-11-6-12-18-32)40(38)51-25-31-15-9-5-10-16-31/h4-22,35-45,48H,23-27H2,1-3H3/t35-,36-,37+,38-,39+,40+,41-,42-,43-,44+/m1/s1. The Morgan fingerprint density at radius 3 is 1.62 bits per heavy atom. The predicted octanol–water partition coefficient (Wildman–Crippen LogP) is 4.51. The summed E-state index contributed by atoms with van der Waals surface area (Å²) in [7, 11) is 1.57. The van der Waals surface area contributed by atoms with Crippen molar-refractivity contribution in [3.05, 3.63) is 132 Å². The summed E-state index contributed by atoms with van der Waals surface area (Å²) in [5, 5.41) is 21.4. The van der Waals surface area contributed by atoms with E-state index in [0.717, 1.165) is 30.5 Å². The molecule has 2 heterocycles. The molecule has 58 heavy (non-hydrogen) atoms. The van der Waals surface area contributed by atoms with Crippen molar-refractivity contribution in [1.29, 1.82) is 0 Å². The van der Waals surface area contributed by atoms with E-state index in [1.807, 2.05) is 91.0 Å². The van der Waals surface area contributed by atoms with Gasteiger partial charge in [0.1, 0.15) is 48.1 Å². The molecule has 0 unspecified atom stereocenters. The number of methoxy groups -OCH3 is 1. The van der Waals surface area contributed by atoms with Crippen LogP contribution in [-0.4, -0.2) is 104 Å². The second-order valence-electron chi connectivity index (χ2n) is 13.8. The Morgan fingerprint density at radius 1 is 0.586 bits per heavy atom. The lowest BCUT2D eigenvalue weighted by atomic mass is 9.96. The predicted molar refractivity (Wildman–Crippen MR) is 206 cm³/mol. The van der Waals surface area contributed by atoms with Crippen LogP contribution in [0.3, 0.4) is 0 Å². The van der Waals surface area contributed by atoms with Gasteiger partial charge in [0.2, 0.25) is 6.29 Å². The second kappa shape index (κ2) is 21.2. The lowest BCUT2D eigenvalue weighted by molar-refractivity contribution is -0.362. The first-order chi connectivity index (χ1) is 28.2. The van der Waals surface area contributed by atoms with Gasteiger partial charge in [0, 0.05) is 13.8 Å². The van der Waals surface area contributed by atoms with Crippen molar-refractivity contribution in [3.63, 3.8) is 0 Å². The summed E-state index contributed by atoms with van der Waals surface area (Å²) in [4.78, 5) is 24.8. The second-order valence-corrected chi connectivity index (χ2v) is 13.8. The molecule has 4 aromatic carbocycles. The van der Waals surface area contributed by atoms with Gasteiger partial charge in [0.25, 0.3) is 0 Å². The van der Waals surface area contributed by atoms with E-state index < -0.39 is 80.0 Å². The SMILES string of the molecule is COc1ccc(O[C@@H]2O[C@H](COCc3ccccc3)[C@@H](O[C@@H]3O[C@H](CO)[C@H](O)[C@H](OC(C)=O)[C@H]3OC(C)=O)[C@H](OCc3ccccc3)[C@H]2OCc2ccccc2)cc1. The monoisotopic (exact) mass is 802 g/mol. The molecule has 2 aliphatic heterocycles. The maximum absolute atomic E-state index is 12.5. The van der Waals surface area contributed by atoms with Gasteiger partial charge in [-0.15, -0.1) is 0 Å². The Balaban J connectivity index is 1.41. The maximum atomic E-state index is 12.5. The van der Waals surface area contributed by atoms with Crippen molar-refractivity contribution in [2.24, 2.45) is 0 Å². The minimum atomic E-state index is -1.57. The Hall–Kier alpha value is -4.90. The average molecular weight is 803 g/mol. The molecule has 2 saturated heterocycles. The lowest BCUT2D eigenvalue weighted by Crippen LogP contribution is -2.66. The molecule has 14 nitrogen and oxygen atoms in total. The Kier molecular flexibility index (Phi) is 15.6. The maximum Gasteiger partial charge on any atom is 0.303 e. The molecule has 0 bridgehead atoms. The van der Waals surface area contributed by atoms with Crippen LogP contribution in [-0.2, 0) is 67.3 Å². The zero-order chi connectivity index (χ0) is 40.9. The Labute approximate surface area is 337 Å². The number of rotatable bonds is 18. The zero-order valence-corrected chi connectivity index (χ0v) is 32.6. The highest BCUT2D eigenvalue weighted by Gasteiger charge is 2.55. The van der Waals surface area contributed by atoms with E-state index in [-0.39, 0.29) is 26.4 Å². The van der Waals surface area contributed by atoms with Crippen LogP contribution in [0.1, 0.15) is 30.5 Å². The molecule has 0 radical (unpaired) electrons. The molecule has 310 valence electrons. The molecule has 2 fully saturated rings. The van der Waals surface area contributed by atoms with E-state index in [1.165, 1.54) is 0 Å². The first-order valence-electron chi connectivity index (χ1n) is 19.1.